The van der Waals surface area contributed by atoms with Crippen LogP contribution in [0.1, 0.15) is 24.1 Å². The molecular formula is C18H17N3O2. The van der Waals surface area contributed by atoms with Crippen molar-refractivity contribution < 1.29 is 9.53 Å². The lowest BCUT2D eigenvalue weighted by Crippen LogP contribution is -2.23. The van der Waals surface area contributed by atoms with Gasteiger partial charge in [0, 0.05) is 17.4 Å². The van der Waals surface area contributed by atoms with Gasteiger partial charge in [-0.05, 0) is 42.8 Å². The highest BCUT2D eigenvalue weighted by molar-refractivity contribution is 5.89. The molecule has 1 N–H and O–H groups in total. The van der Waals surface area contributed by atoms with E-state index in [4.69, 9.17) is 10.00 Å². The maximum Gasteiger partial charge on any atom is 0.414 e. The van der Waals surface area contributed by atoms with Gasteiger partial charge in [-0.3, -0.25) is 4.90 Å². The highest BCUT2D eigenvalue weighted by Gasteiger charge is 2.23. The summed E-state index contributed by atoms with van der Waals surface area (Å²) >= 11 is 0. The van der Waals surface area contributed by atoms with Crippen molar-refractivity contribution in [2.24, 2.45) is 0 Å². The first kappa shape index (κ1) is 14.9. The van der Waals surface area contributed by atoms with Gasteiger partial charge in [0.05, 0.1) is 18.2 Å². The van der Waals surface area contributed by atoms with Crippen LogP contribution in [0.5, 0.6) is 0 Å². The van der Waals surface area contributed by atoms with Gasteiger partial charge in [-0.25, -0.2) is 4.79 Å². The Balaban J connectivity index is 1.71. The first-order valence-corrected chi connectivity index (χ1v) is 7.48. The second kappa shape index (κ2) is 6.41. The molecule has 1 aliphatic rings. The molecule has 23 heavy (non-hydrogen) atoms. The SMILES string of the molecule is CC(Nc1cccc(C#N)c1)c1ccc(N2CCOC2=O)cc1. The van der Waals surface area contributed by atoms with Crippen LogP contribution in [-0.4, -0.2) is 19.2 Å². The molecule has 116 valence electrons. The third-order valence-electron chi connectivity index (χ3n) is 3.84. The lowest BCUT2D eigenvalue weighted by Gasteiger charge is -2.18. The molecule has 1 saturated heterocycles. The van der Waals surface area contributed by atoms with E-state index in [-0.39, 0.29) is 12.1 Å². The molecule has 3 rings (SSSR count). The van der Waals surface area contributed by atoms with Crippen LogP contribution in [0.15, 0.2) is 48.5 Å². The van der Waals surface area contributed by atoms with E-state index in [0.717, 1.165) is 16.9 Å². The number of amides is 1. The van der Waals surface area contributed by atoms with Crippen molar-refractivity contribution in [3.05, 3.63) is 59.7 Å². The van der Waals surface area contributed by atoms with Crippen molar-refractivity contribution in [3.63, 3.8) is 0 Å². The second-order valence-electron chi connectivity index (χ2n) is 5.42. The first-order valence-electron chi connectivity index (χ1n) is 7.48. The van der Waals surface area contributed by atoms with Crippen molar-refractivity contribution in [2.45, 2.75) is 13.0 Å². The van der Waals surface area contributed by atoms with E-state index in [0.29, 0.717) is 18.7 Å². The summed E-state index contributed by atoms with van der Waals surface area (Å²) in [7, 11) is 0. The standard InChI is InChI=1S/C18H17N3O2/c1-13(20-16-4-2-3-14(11-16)12-19)15-5-7-17(8-6-15)21-9-10-23-18(21)22/h2-8,11,13,20H,9-10H2,1H3. The summed E-state index contributed by atoms with van der Waals surface area (Å²) in [5.74, 6) is 0. The van der Waals surface area contributed by atoms with E-state index in [1.54, 1.807) is 11.0 Å². The molecular weight excluding hydrogens is 290 g/mol. The smallest absolute Gasteiger partial charge is 0.414 e. The van der Waals surface area contributed by atoms with Gasteiger partial charge in [0.15, 0.2) is 0 Å². The highest BCUT2D eigenvalue weighted by Crippen LogP contribution is 2.24. The Labute approximate surface area is 135 Å². The number of carbonyl (C=O) groups excluding carboxylic acids is 1. The van der Waals surface area contributed by atoms with E-state index in [9.17, 15) is 4.79 Å². The Hall–Kier alpha value is -3.00. The fourth-order valence-electron chi connectivity index (χ4n) is 2.58. The van der Waals surface area contributed by atoms with Crippen LogP contribution in [-0.2, 0) is 4.74 Å². The summed E-state index contributed by atoms with van der Waals surface area (Å²) in [5, 5.41) is 12.3. The van der Waals surface area contributed by atoms with Gasteiger partial charge in [0.1, 0.15) is 6.61 Å². The minimum atomic E-state index is -0.294. The number of nitrogens with zero attached hydrogens (tertiary/aromatic N) is 2. The summed E-state index contributed by atoms with van der Waals surface area (Å²) in [6, 6.07) is 17.4. The zero-order valence-corrected chi connectivity index (χ0v) is 12.8. The summed E-state index contributed by atoms with van der Waals surface area (Å²) in [6.45, 7) is 3.08. The molecule has 0 aromatic heterocycles. The molecule has 1 aliphatic heterocycles. The van der Waals surface area contributed by atoms with Crippen LogP contribution >= 0.6 is 0 Å². The molecule has 1 fully saturated rings. The molecule has 1 unspecified atom stereocenters. The fraction of sp³-hybridized carbons (Fsp3) is 0.222. The third-order valence-corrected chi connectivity index (χ3v) is 3.84. The average molecular weight is 307 g/mol. The Bertz CT molecular complexity index is 750. The highest BCUT2D eigenvalue weighted by atomic mass is 16.6. The van der Waals surface area contributed by atoms with Gasteiger partial charge in [0.25, 0.3) is 0 Å². The maximum absolute atomic E-state index is 11.6. The predicted octanol–water partition coefficient (Wildman–Crippen LogP) is 3.69. The van der Waals surface area contributed by atoms with Gasteiger partial charge >= 0.3 is 6.09 Å². The van der Waals surface area contributed by atoms with Crippen molar-refractivity contribution in [1.29, 1.82) is 5.26 Å². The number of cyclic esters (lactones) is 1. The van der Waals surface area contributed by atoms with Crippen molar-refractivity contribution in [2.75, 3.05) is 23.4 Å². The minimum Gasteiger partial charge on any atom is -0.447 e. The van der Waals surface area contributed by atoms with Crippen LogP contribution in [0.25, 0.3) is 0 Å². The van der Waals surface area contributed by atoms with E-state index < -0.39 is 0 Å². The third kappa shape index (κ3) is 3.27. The fourth-order valence-corrected chi connectivity index (χ4v) is 2.58. The lowest BCUT2D eigenvalue weighted by molar-refractivity contribution is 0.181. The number of nitrogens with one attached hydrogen (secondary N) is 1. The molecule has 1 heterocycles. The Morgan fingerprint density at radius 3 is 2.70 bits per heavy atom. The number of rotatable bonds is 4. The predicted molar refractivity (Wildman–Crippen MR) is 88.3 cm³/mol. The molecule has 1 amide bonds. The monoisotopic (exact) mass is 307 g/mol. The minimum absolute atomic E-state index is 0.0866. The molecule has 2 aromatic carbocycles. The van der Waals surface area contributed by atoms with Crippen LogP contribution < -0.4 is 10.2 Å². The Kier molecular flexibility index (Phi) is 4.15. The van der Waals surface area contributed by atoms with Gasteiger partial charge in [-0.1, -0.05) is 18.2 Å². The largest absolute Gasteiger partial charge is 0.447 e. The van der Waals surface area contributed by atoms with Crippen molar-refractivity contribution in [3.8, 4) is 6.07 Å². The first-order chi connectivity index (χ1) is 11.2. The number of anilines is 2. The second-order valence-corrected chi connectivity index (χ2v) is 5.42. The maximum atomic E-state index is 11.6. The lowest BCUT2D eigenvalue weighted by atomic mass is 10.1. The number of nitriles is 1. The molecule has 1 atom stereocenters. The zero-order chi connectivity index (χ0) is 16.2. The Morgan fingerprint density at radius 1 is 1.26 bits per heavy atom. The number of ether oxygens (including phenoxy) is 1. The van der Waals surface area contributed by atoms with Crippen LogP contribution in [0.2, 0.25) is 0 Å². The summed E-state index contributed by atoms with van der Waals surface area (Å²) in [6.07, 6.45) is -0.294. The normalized spacial score (nSPS) is 15.0. The molecule has 2 aromatic rings. The van der Waals surface area contributed by atoms with Crippen LogP contribution in [0, 0.1) is 11.3 Å². The van der Waals surface area contributed by atoms with Crippen molar-refractivity contribution in [1.82, 2.24) is 0 Å². The van der Waals surface area contributed by atoms with Gasteiger partial charge in [-0.15, -0.1) is 0 Å². The summed E-state index contributed by atoms with van der Waals surface area (Å²) in [5.41, 5.74) is 3.48. The van der Waals surface area contributed by atoms with Crippen LogP contribution in [0.3, 0.4) is 0 Å². The van der Waals surface area contributed by atoms with E-state index >= 15 is 0 Å². The number of carbonyl (C=O) groups is 1. The number of benzene rings is 2. The molecule has 0 saturated carbocycles. The molecule has 0 aliphatic carbocycles. The summed E-state index contributed by atoms with van der Waals surface area (Å²) in [4.78, 5) is 13.2. The number of hydrogen-bond acceptors (Lipinski definition) is 4. The molecule has 5 heteroatoms. The van der Waals surface area contributed by atoms with E-state index in [1.165, 1.54) is 0 Å². The Morgan fingerprint density at radius 2 is 2.04 bits per heavy atom. The van der Waals surface area contributed by atoms with E-state index in [1.807, 2.05) is 42.5 Å². The molecule has 5 nitrogen and oxygen atoms in total. The quantitative estimate of drug-likeness (QED) is 0.935. The molecule has 0 spiro atoms. The summed E-state index contributed by atoms with van der Waals surface area (Å²) < 4.78 is 4.95. The topological polar surface area (TPSA) is 65.4 Å². The van der Waals surface area contributed by atoms with Crippen molar-refractivity contribution >= 4 is 17.5 Å². The van der Waals surface area contributed by atoms with Crippen LogP contribution in [0.4, 0.5) is 16.2 Å². The zero-order valence-electron chi connectivity index (χ0n) is 12.8. The molecule has 0 bridgehead atoms. The average Bonchev–Trinajstić information content (AvgIpc) is 3.01. The van der Waals surface area contributed by atoms with E-state index in [2.05, 4.69) is 18.3 Å². The van der Waals surface area contributed by atoms with Gasteiger partial charge in [0.2, 0.25) is 0 Å². The molecule has 0 radical (unpaired) electrons. The van der Waals surface area contributed by atoms with Gasteiger partial charge in [-0.2, -0.15) is 5.26 Å². The number of hydrogen-bond donors (Lipinski definition) is 1. The van der Waals surface area contributed by atoms with Gasteiger partial charge < -0.3 is 10.1 Å².